The molecule has 1 aliphatic heterocycles. The zero-order chi connectivity index (χ0) is 14.0. The van der Waals surface area contributed by atoms with Gasteiger partial charge in [0.15, 0.2) is 0 Å². The molecule has 102 valence electrons. The fourth-order valence-corrected chi connectivity index (χ4v) is 2.58. The first-order valence-corrected chi connectivity index (χ1v) is 6.26. The van der Waals surface area contributed by atoms with Crippen LogP contribution in [0, 0.1) is 16.0 Å². The van der Waals surface area contributed by atoms with Crippen LogP contribution in [0.4, 0.5) is 11.4 Å². The maximum atomic E-state index is 11.3. The molecule has 6 heteroatoms. The molecule has 0 spiro atoms. The molecule has 1 aromatic rings. The van der Waals surface area contributed by atoms with Gasteiger partial charge in [0.2, 0.25) is 0 Å². The van der Waals surface area contributed by atoms with Gasteiger partial charge >= 0.3 is 5.97 Å². The number of hydrogen-bond acceptors (Lipinski definition) is 4. The highest BCUT2D eigenvalue weighted by molar-refractivity contribution is 5.97. The number of benzene rings is 1. The number of carboxylic acids is 1. The van der Waals surface area contributed by atoms with Gasteiger partial charge in [-0.1, -0.05) is 13.0 Å². The van der Waals surface area contributed by atoms with Crippen molar-refractivity contribution in [2.24, 2.45) is 5.92 Å². The molecule has 6 nitrogen and oxygen atoms in total. The minimum atomic E-state index is -1.13. The van der Waals surface area contributed by atoms with Crippen LogP contribution in [0.25, 0.3) is 0 Å². The lowest BCUT2D eigenvalue weighted by Gasteiger charge is -2.33. The Bertz CT molecular complexity index is 483. The van der Waals surface area contributed by atoms with Crippen molar-refractivity contribution in [2.75, 3.05) is 18.0 Å². The monoisotopic (exact) mass is 264 g/mol. The van der Waals surface area contributed by atoms with Crippen LogP contribution in [0.15, 0.2) is 18.2 Å². The van der Waals surface area contributed by atoms with Crippen LogP contribution in [0.3, 0.4) is 0 Å². The molecule has 1 heterocycles. The van der Waals surface area contributed by atoms with E-state index >= 15 is 0 Å². The molecule has 1 aliphatic rings. The second kappa shape index (κ2) is 5.26. The van der Waals surface area contributed by atoms with Crippen LogP contribution in [-0.4, -0.2) is 29.1 Å². The lowest BCUT2D eigenvalue weighted by atomic mass is 9.98. The van der Waals surface area contributed by atoms with E-state index in [0.717, 1.165) is 12.8 Å². The quantitative estimate of drug-likeness (QED) is 0.670. The molecule has 1 N–H and O–H groups in total. The number of nitro groups is 1. The maximum Gasteiger partial charge on any atom is 0.338 e. The summed E-state index contributed by atoms with van der Waals surface area (Å²) < 4.78 is 0. The highest BCUT2D eigenvalue weighted by Gasteiger charge is 2.28. The summed E-state index contributed by atoms with van der Waals surface area (Å²) in [5, 5.41) is 20.3. The van der Waals surface area contributed by atoms with Gasteiger partial charge in [0, 0.05) is 19.2 Å². The number of carbonyl (C=O) groups is 1. The van der Waals surface area contributed by atoms with E-state index in [1.54, 1.807) is 0 Å². The Kier molecular flexibility index (Phi) is 3.69. The first-order valence-electron chi connectivity index (χ1n) is 6.26. The van der Waals surface area contributed by atoms with Gasteiger partial charge in [-0.3, -0.25) is 10.1 Å². The second-order valence-corrected chi connectivity index (χ2v) is 4.93. The Morgan fingerprint density at radius 2 is 2.26 bits per heavy atom. The average molecular weight is 264 g/mol. The predicted octanol–water partition coefficient (Wildman–Crippen LogP) is 2.53. The van der Waals surface area contributed by atoms with E-state index in [2.05, 4.69) is 6.92 Å². The number of para-hydroxylation sites is 1. The molecule has 19 heavy (non-hydrogen) atoms. The van der Waals surface area contributed by atoms with Gasteiger partial charge in [-0.2, -0.15) is 0 Å². The summed E-state index contributed by atoms with van der Waals surface area (Å²) in [4.78, 5) is 23.7. The van der Waals surface area contributed by atoms with Crippen molar-refractivity contribution in [3.8, 4) is 0 Å². The highest BCUT2D eigenvalue weighted by Crippen LogP contribution is 2.34. The summed E-state index contributed by atoms with van der Waals surface area (Å²) >= 11 is 0. The minimum absolute atomic E-state index is 0.00306. The Hall–Kier alpha value is -2.11. The SMILES string of the molecule is CC1CCCN(c2c(C(=O)O)cccc2[N+](=O)[O-])C1. The van der Waals surface area contributed by atoms with Gasteiger partial charge in [0.25, 0.3) is 5.69 Å². The van der Waals surface area contributed by atoms with Crippen LogP contribution in [-0.2, 0) is 0 Å². The van der Waals surface area contributed by atoms with Gasteiger partial charge in [-0.05, 0) is 24.8 Å². The number of anilines is 1. The molecular formula is C13H16N2O4. The molecule has 0 saturated carbocycles. The van der Waals surface area contributed by atoms with Crippen LogP contribution in [0.1, 0.15) is 30.1 Å². The molecule has 0 radical (unpaired) electrons. The third-order valence-corrected chi connectivity index (χ3v) is 3.42. The topological polar surface area (TPSA) is 83.7 Å². The van der Waals surface area contributed by atoms with Crippen LogP contribution >= 0.6 is 0 Å². The molecular weight excluding hydrogens is 248 g/mol. The van der Waals surface area contributed by atoms with Gasteiger partial charge in [-0.15, -0.1) is 0 Å². The fraction of sp³-hybridized carbons (Fsp3) is 0.462. The number of carboxylic acid groups (broad SMARTS) is 1. The zero-order valence-electron chi connectivity index (χ0n) is 10.7. The number of hydrogen-bond donors (Lipinski definition) is 1. The zero-order valence-corrected chi connectivity index (χ0v) is 10.7. The third-order valence-electron chi connectivity index (χ3n) is 3.42. The number of nitrogens with zero attached hydrogens (tertiary/aromatic N) is 2. The second-order valence-electron chi connectivity index (χ2n) is 4.93. The Morgan fingerprint density at radius 1 is 1.53 bits per heavy atom. The van der Waals surface area contributed by atoms with Crippen molar-refractivity contribution < 1.29 is 14.8 Å². The molecule has 0 aromatic heterocycles. The molecule has 0 bridgehead atoms. The normalized spacial score (nSPS) is 19.2. The summed E-state index contributed by atoms with van der Waals surface area (Å²) in [5.74, 6) is -0.716. The van der Waals surface area contributed by atoms with E-state index in [9.17, 15) is 20.0 Å². The number of piperidine rings is 1. The first kappa shape index (κ1) is 13.3. The Labute approximate surface area is 110 Å². The lowest BCUT2D eigenvalue weighted by Crippen LogP contribution is -2.35. The number of rotatable bonds is 3. The summed E-state index contributed by atoms with van der Waals surface area (Å²) in [6.45, 7) is 3.39. The van der Waals surface area contributed by atoms with E-state index in [1.165, 1.54) is 18.2 Å². The van der Waals surface area contributed by atoms with E-state index in [4.69, 9.17) is 0 Å². The third kappa shape index (κ3) is 2.67. The molecule has 1 saturated heterocycles. The lowest BCUT2D eigenvalue weighted by molar-refractivity contribution is -0.384. The van der Waals surface area contributed by atoms with E-state index in [0.29, 0.717) is 19.0 Å². The Balaban J connectivity index is 2.51. The molecule has 0 amide bonds. The number of aromatic carboxylic acids is 1. The average Bonchev–Trinajstić information content (AvgIpc) is 2.37. The minimum Gasteiger partial charge on any atom is -0.478 e. The molecule has 1 aromatic carbocycles. The van der Waals surface area contributed by atoms with E-state index in [-0.39, 0.29) is 16.9 Å². The van der Waals surface area contributed by atoms with Crippen molar-refractivity contribution in [1.82, 2.24) is 0 Å². The van der Waals surface area contributed by atoms with Crippen LogP contribution < -0.4 is 4.90 Å². The highest BCUT2D eigenvalue weighted by atomic mass is 16.6. The van der Waals surface area contributed by atoms with Crippen molar-refractivity contribution >= 4 is 17.3 Å². The molecule has 2 rings (SSSR count). The fourth-order valence-electron chi connectivity index (χ4n) is 2.58. The smallest absolute Gasteiger partial charge is 0.338 e. The van der Waals surface area contributed by atoms with Gasteiger partial charge in [0.1, 0.15) is 5.69 Å². The van der Waals surface area contributed by atoms with E-state index < -0.39 is 10.9 Å². The van der Waals surface area contributed by atoms with Crippen molar-refractivity contribution in [3.05, 3.63) is 33.9 Å². The maximum absolute atomic E-state index is 11.3. The molecule has 1 fully saturated rings. The first-order chi connectivity index (χ1) is 9.00. The summed E-state index contributed by atoms with van der Waals surface area (Å²) in [5.41, 5.74) is 0.115. The molecule has 1 atom stereocenters. The summed E-state index contributed by atoms with van der Waals surface area (Å²) in [6.07, 6.45) is 1.99. The van der Waals surface area contributed by atoms with Gasteiger partial charge in [0.05, 0.1) is 10.5 Å². The molecule has 0 aliphatic carbocycles. The van der Waals surface area contributed by atoms with Crippen LogP contribution in [0.5, 0.6) is 0 Å². The van der Waals surface area contributed by atoms with Crippen molar-refractivity contribution in [1.29, 1.82) is 0 Å². The standard InChI is InChI=1S/C13H16N2O4/c1-9-4-3-7-14(8-9)12-10(13(16)17)5-2-6-11(12)15(18)19/h2,5-6,9H,3-4,7-8H2,1H3,(H,16,17). The van der Waals surface area contributed by atoms with Crippen LogP contribution in [0.2, 0.25) is 0 Å². The van der Waals surface area contributed by atoms with Gasteiger partial charge < -0.3 is 10.0 Å². The molecule has 1 unspecified atom stereocenters. The Morgan fingerprint density at radius 3 is 2.84 bits per heavy atom. The predicted molar refractivity (Wildman–Crippen MR) is 70.7 cm³/mol. The number of nitro benzene ring substituents is 1. The van der Waals surface area contributed by atoms with Gasteiger partial charge in [-0.25, -0.2) is 4.79 Å². The van der Waals surface area contributed by atoms with Crippen molar-refractivity contribution in [3.63, 3.8) is 0 Å². The summed E-state index contributed by atoms with van der Waals surface area (Å²) in [6, 6.07) is 4.20. The van der Waals surface area contributed by atoms with E-state index in [1.807, 2.05) is 4.90 Å². The summed E-state index contributed by atoms with van der Waals surface area (Å²) in [7, 11) is 0. The largest absolute Gasteiger partial charge is 0.478 e. The van der Waals surface area contributed by atoms with Crippen molar-refractivity contribution in [2.45, 2.75) is 19.8 Å².